The molecule has 120 valence electrons. The maximum Gasteiger partial charge on any atom is 0.258 e. The number of nitrogens with zero attached hydrogens (tertiary/aromatic N) is 1. The Morgan fingerprint density at radius 2 is 2.13 bits per heavy atom. The fraction of sp³-hybridized carbons (Fsp3) is 0.444. The van der Waals surface area contributed by atoms with E-state index in [9.17, 15) is 9.59 Å². The van der Waals surface area contributed by atoms with Crippen LogP contribution < -0.4 is 5.32 Å². The molecule has 2 saturated heterocycles. The summed E-state index contributed by atoms with van der Waals surface area (Å²) in [6, 6.07) is 7.53. The lowest BCUT2D eigenvalue weighted by Crippen LogP contribution is -2.60. The van der Waals surface area contributed by atoms with Gasteiger partial charge in [0, 0.05) is 18.5 Å². The van der Waals surface area contributed by atoms with Crippen LogP contribution in [0, 0.1) is 6.92 Å². The van der Waals surface area contributed by atoms with E-state index in [0.29, 0.717) is 24.2 Å². The molecule has 1 aromatic carbocycles. The lowest BCUT2D eigenvalue weighted by Gasteiger charge is -2.40. The number of hydrogen-bond donors (Lipinski definition) is 1. The summed E-state index contributed by atoms with van der Waals surface area (Å²) in [6.45, 7) is 3.21. The van der Waals surface area contributed by atoms with Crippen LogP contribution in [0.25, 0.3) is 11.0 Å². The van der Waals surface area contributed by atoms with E-state index in [2.05, 4.69) is 5.32 Å². The van der Waals surface area contributed by atoms with Crippen molar-refractivity contribution in [2.24, 2.45) is 0 Å². The van der Waals surface area contributed by atoms with Crippen LogP contribution in [0.5, 0.6) is 0 Å². The number of nitrogens with one attached hydrogen (secondary N) is 1. The van der Waals surface area contributed by atoms with E-state index >= 15 is 0 Å². The lowest BCUT2D eigenvalue weighted by molar-refractivity contribution is -0.133. The van der Waals surface area contributed by atoms with Crippen LogP contribution in [0.15, 0.2) is 28.7 Å². The number of likely N-dealkylation sites (tertiary alicyclic amines) is 1. The summed E-state index contributed by atoms with van der Waals surface area (Å²) in [4.78, 5) is 27.5. The average molecular weight is 312 g/mol. The first kappa shape index (κ1) is 14.3. The Labute approximate surface area is 134 Å². The van der Waals surface area contributed by atoms with Gasteiger partial charge in [0.25, 0.3) is 5.91 Å². The average Bonchev–Trinajstić information content (AvgIpc) is 3.12. The minimum Gasteiger partial charge on any atom is -0.461 e. The third-order valence-corrected chi connectivity index (χ3v) is 5.11. The number of furan rings is 1. The van der Waals surface area contributed by atoms with E-state index in [1.54, 1.807) is 11.0 Å². The van der Waals surface area contributed by atoms with E-state index < -0.39 is 5.54 Å². The van der Waals surface area contributed by atoms with Gasteiger partial charge in [-0.25, -0.2) is 0 Å². The summed E-state index contributed by atoms with van der Waals surface area (Å²) in [5.74, 6) is 0.684. The molecule has 5 heteroatoms. The number of carbonyl (C=O) groups is 2. The lowest BCUT2D eigenvalue weighted by atomic mass is 9.86. The maximum absolute atomic E-state index is 13.2. The number of amides is 2. The summed E-state index contributed by atoms with van der Waals surface area (Å²) in [7, 11) is 0. The Morgan fingerprint density at radius 1 is 1.30 bits per heavy atom. The fourth-order valence-electron chi connectivity index (χ4n) is 4.04. The second kappa shape index (κ2) is 5.11. The number of hydrogen-bond acceptors (Lipinski definition) is 3. The third kappa shape index (κ3) is 2.06. The first-order chi connectivity index (χ1) is 11.1. The molecule has 4 rings (SSSR count). The molecule has 2 aliphatic heterocycles. The molecule has 1 spiro atoms. The van der Waals surface area contributed by atoms with Gasteiger partial charge in [0.05, 0.1) is 5.56 Å². The van der Waals surface area contributed by atoms with E-state index in [4.69, 9.17) is 4.42 Å². The van der Waals surface area contributed by atoms with Crippen molar-refractivity contribution in [3.63, 3.8) is 0 Å². The summed E-state index contributed by atoms with van der Waals surface area (Å²) >= 11 is 0. The van der Waals surface area contributed by atoms with E-state index in [0.717, 1.165) is 36.8 Å². The molecule has 0 aliphatic carbocycles. The Hall–Kier alpha value is -2.30. The van der Waals surface area contributed by atoms with Gasteiger partial charge in [-0.05, 0) is 44.7 Å². The Kier molecular flexibility index (Phi) is 3.18. The summed E-state index contributed by atoms with van der Waals surface area (Å²) in [6.07, 6.45) is 3.28. The third-order valence-electron chi connectivity index (χ3n) is 5.11. The van der Waals surface area contributed by atoms with Crippen molar-refractivity contribution in [2.45, 2.75) is 38.1 Å². The van der Waals surface area contributed by atoms with Crippen LogP contribution >= 0.6 is 0 Å². The molecule has 1 N–H and O–H groups in total. The van der Waals surface area contributed by atoms with Gasteiger partial charge in [0.1, 0.15) is 16.9 Å². The molecule has 0 saturated carbocycles. The number of aryl methyl sites for hydroxylation is 1. The summed E-state index contributed by atoms with van der Waals surface area (Å²) in [5.41, 5.74) is 0.502. The smallest absolute Gasteiger partial charge is 0.258 e. The van der Waals surface area contributed by atoms with Gasteiger partial charge in [-0.2, -0.15) is 0 Å². The molecule has 2 fully saturated rings. The molecule has 5 nitrogen and oxygen atoms in total. The maximum atomic E-state index is 13.2. The Morgan fingerprint density at radius 3 is 2.96 bits per heavy atom. The minimum absolute atomic E-state index is 0.00241. The Balaban J connectivity index is 1.77. The number of fused-ring (bicyclic) bond motifs is 1. The van der Waals surface area contributed by atoms with Crippen molar-refractivity contribution >= 4 is 22.8 Å². The highest BCUT2D eigenvalue weighted by molar-refractivity contribution is 6.07. The van der Waals surface area contributed by atoms with Crippen LogP contribution in [-0.4, -0.2) is 35.3 Å². The van der Waals surface area contributed by atoms with Crippen molar-refractivity contribution in [1.82, 2.24) is 10.2 Å². The molecule has 1 aromatic heterocycles. The largest absolute Gasteiger partial charge is 0.461 e. The van der Waals surface area contributed by atoms with E-state index in [1.165, 1.54) is 0 Å². The van der Waals surface area contributed by atoms with Crippen LogP contribution in [0.1, 0.15) is 41.8 Å². The molecule has 0 bridgehead atoms. The van der Waals surface area contributed by atoms with E-state index in [-0.39, 0.29) is 11.8 Å². The zero-order chi connectivity index (χ0) is 16.0. The van der Waals surface area contributed by atoms with Gasteiger partial charge in [0.2, 0.25) is 5.91 Å². The first-order valence-corrected chi connectivity index (χ1v) is 8.21. The standard InChI is InChI=1S/C18H20N2O3/c1-12-11-13-5-2-6-14(15(13)23-12)16(21)20-10-4-8-18(20)7-3-9-19-17(18)22/h2,5-6,11H,3-4,7-10H2,1H3,(H,19,22). The minimum atomic E-state index is -0.668. The molecular formula is C18H20N2O3. The predicted molar refractivity (Wildman–Crippen MR) is 86.2 cm³/mol. The molecular weight excluding hydrogens is 292 g/mol. The second-order valence-electron chi connectivity index (χ2n) is 6.53. The van der Waals surface area contributed by atoms with Crippen molar-refractivity contribution in [1.29, 1.82) is 0 Å². The van der Waals surface area contributed by atoms with Crippen molar-refractivity contribution in [3.8, 4) is 0 Å². The zero-order valence-electron chi connectivity index (χ0n) is 13.2. The van der Waals surface area contributed by atoms with Gasteiger partial charge >= 0.3 is 0 Å². The Bertz CT molecular complexity index is 795. The SMILES string of the molecule is Cc1cc2cccc(C(=O)N3CCCC34CCCNC4=O)c2o1. The topological polar surface area (TPSA) is 62.6 Å². The molecule has 2 aromatic rings. The van der Waals surface area contributed by atoms with Crippen molar-refractivity contribution in [3.05, 3.63) is 35.6 Å². The van der Waals surface area contributed by atoms with Crippen LogP contribution in [0.4, 0.5) is 0 Å². The first-order valence-electron chi connectivity index (χ1n) is 8.21. The van der Waals surface area contributed by atoms with Gasteiger partial charge in [0.15, 0.2) is 0 Å². The number of piperidine rings is 1. The molecule has 23 heavy (non-hydrogen) atoms. The van der Waals surface area contributed by atoms with Gasteiger partial charge in [-0.15, -0.1) is 0 Å². The predicted octanol–water partition coefficient (Wildman–Crippen LogP) is 2.63. The highest BCUT2D eigenvalue weighted by Gasteiger charge is 2.50. The van der Waals surface area contributed by atoms with Crippen LogP contribution in [0.3, 0.4) is 0 Å². The molecule has 1 atom stereocenters. The van der Waals surface area contributed by atoms with Crippen molar-refractivity contribution < 1.29 is 14.0 Å². The number of carbonyl (C=O) groups excluding carboxylic acids is 2. The monoisotopic (exact) mass is 312 g/mol. The molecule has 2 aliphatic rings. The number of benzene rings is 1. The van der Waals surface area contributed by atoms with Crippen LogP contribution in [-0.2, 0) is 4.79 Å². The molecule has 3 heterocycles. The van der Waals surface area contributed by atoms with Gasteiger partial charge in [-0.3, -0.25) is 9.59 Å². The summed E-state index contributed by atoms with van der Waals surface area (Å²) < 4.78 is 5.73. The van der Waals surface area contributed by atoms with Gasteiger partial charge < -0.3 is 14.6 Å². The molecule has 2 amide bonds. The fourth-order valence-corrected chi connectivity index (χ4v) is 4.04. The van der Waals surface area contributed by atoms with Crippen molar-refractivity contribution in [2.75, 3.05) is 13.1 Å². The molecule has 0 radical (unpaired) electrons. The number of rotatable bonds is 1. The number of para-hydroxylation sites is 1. The quantitative estimate of drug-likeness (QED) is 0.880. The normalized spacial score (nSPS) is 24.4. The van der Waals surface area contributed by atoms with E-state index in [1.807, 2.05) is 25.1 Å². The van der Waals surface area contributed by atoms with Crippen LogP contribution in [0.2, 0.25) is 0 Å². The zero-order valence-corrected chi connectivity index (χ0v) is 13.2. The second-order valence-corrected chi connectivity index (χ2v) is 6.53. The highest BCUT2D eigenvalue weighted by atomic mass is 16.3. The molecule has 1 unspecified atom stereocenters. The van der Waals surface area contributed by atoms with Gasteiger partial charge in [-0.1, -0.05) is 12.1 Å². The highest BCUT2D eigenvalue weighted by Crippen LogP contribution is 2.37. The summed E-state index contributed by atoms with van der Waals surface area (Å²) in [5, 5.41) is 3.86.